The Hall–Kier alpha value is -16.1. The fourth-order valence-electron chi connectivity index (χ4n) is 21.8. The first-order chi connectivity index (χ1) is 62.0. The number of fused-ring (bicyclic) bond motifs is 12. The Morgan fingerprint density at radius 2 is 0.333 bits per heavy atom. The maximum absolute atomic E-state index is 6.48. The summed E-state index contributed by atoms with van der Waals surface area (Å²) >= 11 is 0. The SMILES string of the molecule is CC(C)(C)c1cc2ccc3ccc(-c4ccc5oc6ccc(-c7ccc8oc9ccc(-c%10ccc%11ccc%12cccc%13ccc%10c%11c%12%13)cc9c8c7)cc6c5c4)c4ccc(c1)c2c34.c1cc(-c2ccc3oc4ccc(-c5ccc6ccc7cccc8ccc5c6c78)cc4c3c2)cc(-c2ccc3oc4ccc(-c5ccc6ccc7cccc8ccc5c6c78)cc4c3c2)c1. The zero-order valence-electron chi connectivity index (χ0n) is 69.0. The maximum Gasteiger partial charge on any atom is 0.135 e. The van der Waals surface area contributed by atoms with E-state index < -0.39 is 0 Å². The topological polar surface area (TPSA) is 52.6 Å². The van der Waals surface area contributed by atoms with Crippen molar-refractivity contribution in [3.05, 3.63) is 388 Å². The first-order valence-electron chi connectivity index (χ1n) is 43.7. The number of benzene rings is 25. The average molecular weight is 1600 g/mol. The van der Waals surface area contributed by atoms with Crippen LogP contribution in [0.1, 0.15) is 26.3 Å². The molecule has 4 heterocycles. The molecule has 0 fully saturated rings. The van der Waals surface area contributed by atoms with Gasteiger partial charge in [-0.3, -0.25) is 0 Å². The number of hydrogen-bond acceptors (Lipinski definition) is 4. The monoisotopic (exact) mass is 1600 g/mol. The lowest BCUT2D eigenvalue weighted by molar-refractivity contribution is 0.591. The summed E-state index contributed by atoms with van der Waals surface area (Å²) in [5.74, 6) is 0. The normalized spacial score (nSPS) is 12.6. The van der Waals surface area contributed by atoms with Crippen LogP contribution >= 0.6 is 0 Å². The average Bonchev–Trinajstić information content (AvgIpc) is 0.791. The molecule has 29 rings (SSSR count). The second kappa shape index (κ2) is 25.7. The van der Waals surface area contributed by atoms with Crippen LogP contribution in [0.2, 0.25) is 0 Å². The molecular formula is C122H72O4. The molecule has 126 heavy (non-hydrogen) atoms. The molecule has 0 spiro atoms. The van der Waals surface area contributed by atoms with E-state index in [0.717, 1.165) is 121 Å². The Morgan fingerprint density at radius 1 is 0.143 bits per heavy atom. The Kier molecular flexibility index (Phi) is 14.2. The standard InChI is InChI=1S/C62H34O2.C60H38O2/c1-4-35-10-12-39-14-22-47(49-24-16-37(6-1)59(35)61(39)49)45-20-28-57-53(33-45)51-31-43(18-26-55(51)63-57)41-8-3-9-42(30-41)44-19-27-56-52(32-44)54-34-46(21-29-58(54)64-56)48-23-15-40-13-11-36-5-2-7-38-17-25-50(48)62(40)60(36)38;1-60(2,3)43-27-41-10-9-36-12-20-45(47-22-14-42(28-43)57(41)59(36)47)40-18-26-55-51(32-40)49-30-38(16-24-53(49)62-55)37-15-23-52-48(29-37)50-31-39(17-25-54(50)61-52)44-19-11-35-8-7-33-5-4-6-34-13-21-46(44)58(35)56(33)34/h1-34H;4-32H,1-3H3. The number of furan rings is 4. The molecule has 0 bridgehead atoms. The Labute approximate surface area is 721 Å². The van der Waals surface area contributed by atoms with Gasteiger partial charge in [0.05, 0.1) is 0 Å². The van der Waals surface area contributed by atoms with E-state index in [0.29, 0.717) is 0 Å². The lowest BCUT2D eigenvalue weighted by Crippen LogP contribution is -2.10. The summed E-state index contributed by atoms with van der Waals surface area (Å²) < 4.78 is 25.8. The van der Waals surface area contributed by atoms with Crippen LogP contribution < -0.4 is 0 Å². The van der Waals surface area contributed by atoms with E-state index in [-0.39, 0.29) is 5.41 Å². The van der Waals surface area contributed by atoms with Crippen LogP contribution in [0.4, 0.5) is 0 Å². The van der Waals surface area contributed by atoms with Gasteiger partial charge in [0.15, 0.2) is 0 Å². The van der Waals surface area contributed by atoms with Gasteiger partial charge in [0.2, 0.25) is 0 Å². The molecule has 0 aliphatic rings. The van der Waals surface area contributed by atoms with Crippen LogP contribution in [0.15, 0.2) is 400 Å². The van der Waals surface area contributed by atoms with Gasteiger partial charge in [-0.05, 0) is 321 Å². The molecule has 29 aromatic rings. The van der Waals surface area contributed by atoms with Crippen molar-refractivity contribution in [1.29, 1.82) is 0 Å². The quantitative estimate of drug-likeness (QED) is 0.149. The van der Waals surface area contributed by atoms with Gasteiger partial charge in [0, 0.05) is 43.1 Å². The second-order valence-corrected chi connectivity index (χ2v) is 36.0. The number of rotatable bonds is 7. The van der Waals surface area contributed by atoms with Crippen LogP contribution in [-0.2, 0) is 5.41 Å². The molecule has 584 valence electrons. The van der Waals surface area contributed by atoms with Crippen LogP contribution in [0.25, 0.3) is 295 Å². The third-order valence-electron chi connectivity index (χ3n) is 28.0. The first kappa shape index (κ1) is 69.5. The highest BCUT2D eigenvalue weighted by Crippen LogP contribution is 2.50. The molecule has 4 heteroatoms. The maximum atomic E-state index is 6.48. The minimum atomic E-state index is 0.0801. The number of hydrogen-bond donors (Lipinski definition) is 0. The van der Waals surface area contributed by atoms with Gasteiger partial charge in [-0.1, -0.05) is 300 Å². The summed E-state index contributed by atoms with van der Waals surface area (Å²) in [7, 11) is 0. The zero-order chi connectivity index (χ0) is 82.6. The van der Waals surface area contributed by atoms with Gasteiger partial charge in [-0.15, -0.1) is 0 Å². The predicted molar refractivity (Wildman–Crippen MR) is 534 cm³/mol. The van der Waals surface area contributed by atoms with Crippen molar-refractivity contribution in [2.75, 3.05) is 0 Å². The molecule has 0 saturated heterocycles. The summed E-state index contributed by atoms with van der Waals surface area (Å²) in [5, 5.41) is 40.1. The van der Waals surface area contributed by atoms with E-state index in [1.807, 2.05) is 0 Å². The second-order valence-electron chi connectivity index (χ2n) is 36.0. The summed E-state index contributed by atoms with van der Waals surface area (Å²) in [4.78, 5) is 0. The Balaban J connectivity index is 0.000000128. The summed E-state index contributed by atoms with van der Waals surface area (Å²) in [6.45, 7) is 6.88. The largest absolute Gasteiger partial charge is 0.456 e. The van der Waals surface area contributed by atoms with Gasteiger partial charge < -0.3 is 17.7 Å². The van der Waals surface area contributed by atoms with Crippen molar-refractivity contribution in [2.45, 2.75) is 26.2 Å². The molecule has 4 aromatic heterocycles. The molecular weight excluding hydrogens is 1530 g/mol. The molecule has 0 aliphatic carbocycles. The molecule has 4 nitrogen and oxygen atoms in total. The van der Waals surface area contributed by atoms with Crippen LogP contribution in [0, 0.1) is 0 Å². The Morgan fingerprint density at radius 3 is 0.595 bits per heavy atom. The predicted octanol–water partition coefficient (Wildman–Crippen LogP) is 35.5. The van der Waals surface area contributed by atoms with Gasteiger partial charge >= 0.3 is 0 Å². The molecule has 0 atom stereocenters. The molecule has 0 saturated carbocycles. The molecule has 0 radical (unpaired) electrons. The third kappa shape index (κ3) is 10.3. The van der Waals surface area contributed by atoms with Crippen molar-refractivity contribution >= 4 is 217 Å². The summed E-state index contributed by atoms with van der Waals surface area (Å²) in [6, 6.07) is 141. The summed E-state index contributed by atoms with van der Waals surface area (Å²) in [5.41, 5.74) is 25.1. The van der Waals surface area contributed by atoms with Crippen molar-refractivity contribution < 1.29 is 17.7 Å². The van der Waals surface area contributed by atoms with Gasteiger partial charge in [-0.25, -0.2) is 0 Å². The van der Waals surface area contributed by atoms with E-state index in [2.05, 4.69) is 403 Å². The lowest BCUT2D eigenvalue weighted by atomic mass is 9.82. The highest BCUT2D eigenvalue weighted by atomic mass is 16.3. The van der Waals surface area contributed by atoms with Crippen LogP contribution in [0.5, 0.6) is 0 Å². The van der Waals surface area contributed by atoms with E-state index in [1.165, 1.54) is 179 Å². The minimum Gasteiger partial charge on any atom is -0.456 e. The van der Waals surface area contributed by atoms with Crippen LogP contribution in [-0.4, -0.2) is 0 Å². The van der Waals surface area contributed by atoms with Crippen molar-refractivity contribution in [3.63, 3.8) is 0 Å². The highest BCUT2D eigenvalue weighted by Gasteiger charge is 2.24. The molecule has 0 amide bonds. The zero-order valence-corrected chi connectivity index (χ0v) is 69.0. The highest BCUT2D eigenvalue weighted by molar-refractivity contribution is 6.31. The van der Waals surface area contributed by atoms with Crippen molar-refractivity contribution in [2.24, 2.45) is 0 Å². The van der Waals surface area contributed by atoms with Crippen molar-refractivity contribution in [1.82, 2.24) is 0 Å². The van der Waals surface area contributed by atoms with Gasteiger partial charge in [-0.2, -0.15) is 0 Å². The van der Waals surface area contributed by atoms with Gasteiger partial charge in [0.25, 0.3) is 0 Å². The smallest absolute Gasteiger partial charge is 0.135 e. The fourth-order valence-corrected chi connectivity index (χ4v) is 21.8. The van der Waals surface area contributed by atoms with Crippen molar-refractivity contribution in [3.8, 4) is 77.9 Å². The molecule has 25 aromatic carbocycles. The minimum absolute atomic E-state index is 0.0801. The van der Waals surface area contributed by atoms with Crippen LogP contribution in [0.3, 0.4) is 0 Å². The van der Waals surface area contributed by atoms with E-state index >= 15 is 0 Å². The van der Waals surface area contributed by atoms with E-state index in [1.54, 1.807) is 0 Å². The first-order valence-corrected chi connectivity index (χ1v) is 43.7. The summed E-state index contributed by atoms with van der Waals surface area (Å²) in [6.07, 6.45) is 0. The fraction of sp³-hybridized carbons (Fsp3) is 0.0328. The molecule has 0 unspecified atom stereocenters. The van der Waals surface area contributed by atoms with E-state index in [9.17, 15) is 0 Å². The molecule has 0 N–H and O–H groups in total. The third-order valence-corrected chi connectivity index (χ3v) is 28.0. The Bertz CT molecular complexity index is 9380. The molecule has 0 aliphatic heterocycles. The lowest BCUT2D eigenvalue weighted by Gasteiger charge is -2.22. The van der Waals surface area contributed by atoms with Gasteiger partial charge in [0.1, 0.15) is 44.7 Å². The van der Waals surface area contributed by atoms with E-state index in [4.69, 9.17) is 17.7 Å².